The van der Waals surface area contributed by atoms with Crippen LogP contribution in [0.5, 0.6) is 0 Å². The lowest BCUT2D eigenvalue weighted by Crippen LogP contribution is -2.26. The molecule has 1 N–H and O–H groups in total. The van der Waals surface area contributed by atoms with Crippen molar-refractivity contribution in [3.63, 3.8) is 0 Å². The Bertz CT molecular complexity index is 469. The lowest BCUT2D eigenvalue weighted by molar-refractivity contribution is -0.384. The Labute approximate surface area is 111 Å². The molecule has 0 aliphatic carbocycles. The highest BCUT2D eigenvalue weighted by Gasteiger charge is 2.13. The molecule has 96 valence electrons. The molecule has 0 amide bonds. The van der Waals surface area contributed by atoms with Crippen LogP contribution in [0.15, 0.2) is 18.2 Å². The number of halogens is 1. The highest BCUT2D eigenvalue weighted by atomic mass is 35.5. The van der Waals surface area contributed by atoms with Crippen LogP contribution in [-0.4, -0.2) is 11.0 Å². The lowest BCUT2D eigenvalue weighted by Gasteiger charge is -2.11. The summed E-state index contributed by atoms with van der Waals surface area (Å²) in [7, 11) is 0. The molecule has 0 aliphatic heterocycles. The molecule has 1 unspecified atom stereocenters. The fourth-order valence-corrected chi connectivity index (χ4v) is 1.77. The van der Waals surface area contributed by atoms with Crippen molar-refractivity contribution in [2.24, 2.45) is 0 Å². The molecule has 0 saturated carbocycles. The summed E-state index contributed by atoms with van der Waals surface area (Å²) in [4.78, 5) is 10.2. The molecule has 1 rings (SSSR count). The Morgan fingerprint density at radius 3 is 2.89 bits per heavy atom. The minimum absolute atomic E-state index is 0.00951. The molecule has 18 heavy (non-hydrogen) atoms. The summed E-state index contributed by atoms with van der Waals surface area (Å²) >= 11 is 5.74. The van der Waals surface area contributed by atoms with E-state index in [0.29, 0.717) is 6.54 Å². The first-order chi connectivity index (χ1) is 8.58. The fourth-order valence-electron chi connectivity index (χ4n) is 1.58. The van der Waals surface area contributed by atoms with E-state index in [1.54, 1.807) is 6.07 Å². The molecule has 0 bridgehead atoms. The van der Waals surface area contributed by atoms with Crippen molar-refractivity contribution in [1.29, 1.82) is 0 Å². The van der Waals surface area contributed by atoms with Crippen LogP contribution in [0.4, 0.5) is 5.69 Å². The summed E-state index contributed by atoms with van der Waals surface area (Å²) in [6.45, 7) is 2.55. The first-order valence-corrected chi connectivity index (χ1v) is 6.08. The number of terminal acetylenes is 1. The number of hydrogen-bond acceptors (Lipinski definition) is 3. The molecule has 1 aromatic carbocycles. The normalized spacial score (nSPS) is 11.8. The van der Waals surface area contributed by atoms with Gasteiger partial charge in [0.15, 0.2) is 0 Å². The van der Waals surface area contributed by atoms with Gasteiger partial charge in [-0.1, -0.05) is 36.9 Å². The van der Waals surface area contributed by atoms with E-state index in [1.807, 2.05) is 0 Å². The first kappa shape index (κ1) is 14.5. The van der Waals surface area contributed by atoms with Gasteiger partial charge < -0.3 is 0 Å². The van der Waals surface area contributed by atoms with E-state index in [1.165, 1.54) is 12.1 Å². The Kier molecular flexibility index (Phi) is 5.63. The Morgan fingerprint density at radius 2 is 2.33 bits per heavy atom. The quantitative estimate of drug-likeness (QED) is 0.489. The highest BCUT2D eigenvalue weighted by Crippen LogP contribution is 2.24. The minimum atomic E-state index is -0.490. The molecular weight excluding hydrogens is 252 g/mol. The Hall–Kier alpha value is -1.57. The second kappa shape index (κ2) is 7.00. The molecule has 0 heterocycles. The zero-order valence-electron chi connectivity index (χ0n) is 10.1. The van der Waals surface area contributed by atoms with E-state index >= 15 is 0 Å². The number of nitrogens with zero attached hydrogens (tertiary/aromatic N) is 1. The van der Waals surface area contributed by atoms with Crippen LogP contribution in [0.25, 0.3) is 0 Å². The maximum atomic E-state index is 10.7. The van der Waals surface area contributed by atoms with Gasteiger partial charge in [0.1, 0.15) is 5.02 Å². The van der Waals surface area contributed by atoms with Gasteiger partial charge >= 0.3 is 0 Å². The molecular formula is C13H15ClN2O2. The van der Waals surface area contributed by atoms with Crippen molar-refractivity contribution >= 4 is 17.3 Å². The number of nitro groups is 1. The van der Waals surface area contributed by atoms with Crippen molar-refractivity contribution in [3.8, 4) is 12.3 Å². The topological polar surface area (TPSA) is 55.2 Å². The molecule has 1 atom stereocenters. The third kappa shape index (κ3) is 4.02. The van der Waals surface area contributed by atoms with Crippen molar-refractivity contribution < 1.29 is 4.92 Å². The number of benzene rings is 1. The zero-order valence-corrected chi connectivity index (χ0v) is 10.9. The van der Waals surface area contributed by atoms with E-state index in [2.05, 4.69) is 18.2 Å². The summed E-state index contributed by atoms with van der Waals surface area (Å²) < 4.78 is 0. The molecule has 5 heteroatoms. The predicted octanol–water partition coefficient (Wildman–Crippen LogP) is 3.14. The average molecular weight is 267 g/mol. The van der Waals surface area contributed by atoms with Crippen LogP contribution in [0.1, 0.15) is 25.3 Å². The Morgan fingerprint density at radius 1 is 1.61 bits per heavy atom. The van der Waals surface area contributed by atoms with Gasteiger partial charge in [0.05, 0.1) is 11.0 Å². The van der Waals surface area contributed by atoms with Gasteiger partial charge in [-0.3, -0.25) is 15.4 Å². The minimum Gasteiger partial charge on any atom is -0.300 e. The Balaban J connectivity index is 2.71. The van der Waals surface area contributed by atoms with Crippen LogP contribution in [-0.2, 0) is 6.54 Å². The van der Waals surface area contributed by atoms with Crippen LogP contribution in [0.2, 0.25) is 5.02 Å². The molecule has 4 nitrogen and oxygen atoms in total. The summed E-state index contributed by atoms with van der Waals surface area (Å²) in [6, 6.07) is 4.74. The van der Waals surface area contributed by atoms with Gasteiger partial charge in [-0.05, 0) is 18.1 Å². The number of rotatable bonds is 6. The molecule has 0 radical (unpaired) electrons. The van der Waals surface area contributed by atoms with E-state index in [9.17, 15) is 10.1 Å². The lowest BCUT2D eigenvalue weighted by atomic mass is 10.1. The van der Waals surface area contributed by atoms with Gasteiger partial charge in [0.25, 0.3) is 5.69 Å². The number of nitrogens with one attached hydrogen (secondary N) is 1. The molecule has 0 spiro atoms. The molecule has 0 aliphatic rings. The van der Waals surface area contributed by atoms with Crippen LogP contribution < -0.4 is 5.32 Å². The standard InChI is InChI=1S/C13H15ClN2O2/c1-3-5-11(4-2)15-9-10-6-7-12(14)13(8-10)16(17)18/h2,6-8,11,15H,3,5,9H2,1H3. The molecule has 1 aromatic rings. The third-order valence-electron chi connectivity index (χ3n) is 2.54. The van der Waals surface area contributed by atoms with Gasteiger partial charge in [-0.25, -0.2) is 0 Å². The second-order valence-electron chi connectivity index (χ2n) is 3.93. The van der Waals surface area contributed by atoms with E-state index in [4.69, 9.17) is 18.0 Å². The molecule has 0 fully saturated rings. The third-order valence-corrected chi connectivity index (χ3v) is 2.86. The van der Waals surface area contributed by atoms with E-state index in [0.717, 1.165) is 18.4 Å². The molecule has 0 aromatic heterocycles. The fraction of sp³-hybridized carbons (Fsp3) is 0.385. The average Bonchev–Trinajstić information content (AvgIpc) is 2.35. The summed E-state index contributed by atoms with van der Waals surface area (Å²) in [6.07, 6.45) is 7.25. The van der Waals surface area contributed by atoms with Crippen molar-refractivity contribution in [1.82, 2.24) is 5.32 Å². The highest BCUT2D eigenvalue weighted by molar-refractivity contribution is 6.32. The maximum Gasteiger partial charge on any atom is 0.288 e. The summed E-state index contributed by atoms with van der Waals surface area (Å²) in [5.41, 5.74) is 0.714. The summed E-state index contributed by atoms with van der Waals surface area (Å²) in [5, 5.41) is 14.1. The van der Waals surface area contributed by atoms with Gasteiger partial charge in [-0.2, -0.15) is 0 Å². The van der Waals surface area contributed by atoms with Crippen LogP contribution in [0, 0.1) is 22.5 Å². The van der Waals surface area contributed by atoms with Gasteiger partial charge in [-0.15, -0.1) is 6.42 Å². The van der Waals surface area contributed by atoms with Gasteiger partial charge in [0, 0.05) is 12.6 Å². The smallest absolute Gasteiger partial charge is 0.288 e. The zero-order chi connectivity index (χ0) is 13.5. The second-order valence-corrected chi connectivity index (χ2v) is 4.34. The SMILES string of the molecule is C#CC(CCC)NCc1ccc(Cl)c([N+](=O)[O-])c1. The van der Waals surface area contributed by atoms with Crippen LogP contribution >= 0.6 is 11.6 Å². The number of hydrogen-bond donors (Lipinski definition) is 1. The largest absolute Gasteiger partial charge is 0.300 e. The van der Waals surface area contributed by atoms with E-state index < -0.39 is 4.92 Å². The molecule has 0 saturated heterocycles. The first-order valence-electron chi connectivity index (χ1n) is 5.70. The summed E-state index contributed by atoms with van der Waals surface area (Å²) in [5.74, 6) is 2.65. The maximum absolute atomic E-state index is 10.7. The van der Waals surface area contributed by atoms with E-state index in [-0.39, 0.29) is 16.8 Å². The van der Waals surface area contributed by atoms with Crippen molar-refractivity contribution in [3.05, 3.63) is 38.9 Å². The van der Waals surface area contributed by atoms with Crippen molar-refractivity contribution in [2.75, 3.05) is 0 Å². The predicted molar refractivity (Wildman–Crippen MR) is 72.5 cm³/mol. The number of nitro benzene ring substituents is 1. The van der Waals surface area contributed by atoms with Crippen molar-refractivity contribution in [2.45, 2.75) is 32.4 Å². The van der Waals surface area contributed by atoms with Gasteiger partial charge in [0.2, 0.25) is 0 Å². The monoisotopic (exact) mass is 266 g/mol. The van der Waals surface area contributed by atoms with Crippen LogP contribution in [0.3, 0.4) is 0 Å².